The third-order valence-electron chi connectivity index (χ3n) is 3.12. The molecule has 0 bridgehead atoms. The molecule has 2 aromatic heterocycles. The fourth-order valence-electron chi connectivity index (χ4n) is 2.00. The average molecular weight is 526 g/mol. The third kappa shape index (κ3) is 5.03. The van der Waals surface area contributed by atoms with Crippen molar-refractivity contribution in [1.29, 1.82) is 0 Å². The molecule has 4 rings (SSSR count). The molecule has 127 valence electrons. The second kappa shape index (κ2) is 9.18. The molecule has 0 unspecified atom stereocenters. The van der Waals surface area contributed by atoms with E-state index < -0.39 is 5.97 Å². The Kier molecular flexibility index (Phi) is 6.95. The standard InChI is InChI=1S/C13H8NS.C6H5NO2.Ir/c1-2-6-10(7-3-1)13-14-11-8-4-5-9-12(11)15-13;8-6(9)5-3-1-2-4-7-5;/h1-6,8-9H;1-4H,(H,8,9);/q-1;;. The zero-order chi connectivity index (χ0) is 16.8. The van der Waals surface area contributed by atoms with Gasteiger partial charge < -0.3 is 5.11 Å². The Morgan fingerprint density at radius 1 is 1.00 bits per heavy atom. The second-order valence-corrected chi connectivity index (χ2v) is 5.81. The molecule has 4 nitrogen and oxygen atoms in total. The normalized spacial score (nSPS) is 9.60. The first-order valence-corrected chi connectivity index (χ1v) is 8.02. The second-order valence-electron chi connectivity index (χ2n) is 4.78. The van der Waals surface area contributed by atoms with Crippen LogP contribution in [-0.4, -0.2) is 21.0 Å². The maximum Gasteiger partial charge on any atom is 0.354 e. The molecule has 0 amide bonds. The van der Waals surface area contributed by atoms with E-state index in [4.69, 9.17) is 5.11 Å². The first kappa shape index (κ1) is 18.9. The number of carboxylic acids is 1. The largest absolute Gasteiger partial charge is 0.477 e. The van der Waals surface area contributed by atoms with E-state index in [-0.39, 0.29) is 25.8 Å². The fraction of sp³-hybridized carbons (Fsp3) is 0. The van der Waals surface area contributed by atoms with E-state index >= 15 is 0 Å². The van der Waals surface area contributed by atoms with Crippen molar-refractivity contribution < 1.29 is 30.0 Å². The molecule has 0 aliphatic carbocycles. The molecule has 0 saturated heterocycles. The van der Waals surface area contributed by atoms with Gasteiger partial charge in [0, 0.05) is 36.0 Å². The molecule has 25 heavy (non-hydrogen) atoms. The molecular formula is C19H13IrN2O2S-. The Hall–Kier alpha value is -2.40. The van der Waals surface area contributed by atoms with Crippen molar-refractivity contribution in [3.63, 3.8) is 0 Å². The summed E-state index contributed by atoms with van der Waals surface area (Å²) in [6.45, 7) is 0. The SMILES string of the molecule is O=C(O)c1ccccn1.[Ir].[c-]1ccccc1-c1nc2ccccc2s1. The Bertz CT molecular complexity index is 910. The van der Waals surface area contributed by atoms with Crippen LogP contribution in [0.4, 0.5) is 0 Å². The number of aromatic carboxylic acids is 1. The molecule has 2 aromatic carbocycles. The Morgan fingerprint density at radius 3 is 2.36 bits per heavy atom. The number of thiazole rings is 1. The number of para-hydroxylation sites is 1. The number of nitrogens with zero attached hydrogens (tertiary/aromatic N) is 2. The molecule has 0 atom stereocenters. The number of fused-ring (bicyclic) bond motifs is 1. The summed E-state index contributed by atoms with van der Waals surface area (Å²) in [5.41, 5.74) is 2.21. The molecule has 1 N–H and O–H groups in total. The minimum absolute atomic E-state index is 0. The predicted octanol–water partition coefficient (Wildman–Crippen LogP) is 4.54. The van der Waals surface area contributed by atoms with Crippen LogP contribution < -0.4 is 0 Å². The van der Waals surface area contributed by atoms with E-state index in [1.54, 1.807) is 23.5 Å². The maximum atomic E-state index is 10.1. The van der Waals surface area contributed by atoms with E-state index in [0.29, 0.717) is 0 Å². The van der Waals surface area contributed by atoms with Crippen molar-refractivity contribution in [3.05, 3.63) is 84.7 Å². The van der Waals surface area contributed by atoms with Crippen LogP contribution in [-0.2, 0) is 20.1 Å². The smallest absolute Gasteiger partial charge is 0.354 e. The van der Waals surface area contributed by atoms with Gasteiger partial charge in [-0.2, -0.15) is 11.3 Å². The summed E-state index contributed by atoms with van der Waals surface area (Å²) in [5.74, 6) is -0.990. The molecule has 0 spiro atoms. The first-order chi connectivity index (χ1) is 11.7. The number of carbonyl (C=O) groups is 1. The van der Waals surface area contributed by atoms with Gasteiger partial charge in [0.2, 0.25) is 0 Å². The van der Waals surface area contributed by atoms with E-state index in [9.17, 15) is 4.79 Å². The number of carboxylic acid groups (broad SMARTS) is 1. The summed E-state index contributed by atoms with van der Waals surface area (Å²) in [5, 5.41) is 9.36. The van der Waals surface area contributed by atoms with Gasteiger partial charge in [0.25, 0.3) is 0 Å². The van der Waals surface area contributed by atoms with E-state index in [1.165, 1.54) is 17.0 Å². The van der Waals surface area contributed by atoms with Gasteiger partial charge >= 0.3 is 5.97 Å². The number of pyridine rings is 1. The van der Waals surface area contributed by atoms with Crippen LogP contribution in [0.15, 0.2) is 72.9 Å². The summed E-state index contributed by atoms with van der Waals surface area (Å²) < 4.78 is 1.23. The van der Waals surface area contributed by atoms with Crippen LogP contribution in [0.1, 0.15) is 10.5 Å². The molecule has 1 radical (unpaired) electrons. The average Bonchev–Trinajstić information content (AvgIpc) is 3.08. The van der Waals surface area contributed by atoms with Gasteiger partial charge in [-0.3, -0.25) is 4.98 Å². The van der Waals surface area contributed by atoms with Crippen molar-refractivity contribution in [2.24, 2.45) is 0 Å². The summed E-state index contributed by atoms with van der Waals surface area (Å²) in [6, 6.07) is 24.1. The minimum Gasteiger partial charge on any atom is -0.477 e. The number of hydrogen-bond donors (Lipinski definition) is 1. The Morgan fingerprint density at radius 2 is 1.76 bits per heavy atom. The van der Waals surface area contributed by atoms with Crippen molar-refractivity contribution in [3.8, 4) is 10.6 Å². The molecule has 0 aliphatic heterocycles. The summed E-state index contributed by atoms with van der Waals surface area (Å²) in [6.07, 6.45) is 1.45. The van der Waals surface area contributed by atoms with Crippen LogP contribution in [0.5, 0.6) is 0 Å². The maximum absolute atomic E-state index is 10.1. The summed E-state index contributed by atoms with van der Waals surface area (Å²) in [7, 11) is 0. The van der Waals surface area contributed by atoms with Gasteiger partial charge in [-0.05, 0) is 24.3 Å². The number of aromatic nitrogens is 2. The summed E-state index contributed by atoms with van der Waals surface area (Å²) >= 11 is 1.71. The zero-order valence-electron chi connectivity index (χ0n) is 12.9. The van der Waals surface area contributed by atoms with Gasteiger partial charge in [0.05, 0.1) is 5.52 Å². The van der Waals surface area contributed by atoms with Crippen LogP contribution in [0.3, 0.4) is 0 Å². The first-order valence-electron chi connectivity index (χ1n) is 7.21. The van der Waals surface area contributed by atoms with Gasteiger partial charge in [-0.25, -0.2) is 9.78 Å². The monoisotopic (exact) mass is 526 g/mol. The van der Waals surface area contributed by atoms with E-state index in [2.05, 4.69) is 22.1 Å². The molecule has 4 aromatic rings. The van der Waals surface area contributed by atoms with Gasteiger partial charge in [-0.1, -0.05) is 18.2 Å². The quantitative estimate of drug-likeness (QED) is 0.391. The molecule has 0 aliphatic rings. The van der Waals surface area contributed by atoms with Crippen molar-refractivity contribution in [2.45, 2.75) is 0 Å². The molecule has 2 heterocycles. The van der Waals surface area contributed by atoms with E-state index in [1.807, 2.05) is 42.5 Å². The topological polar surface area (TPSA) is 63.1 Å². The van der Waals surface area contributed by atoms with Crippen molar-refractivity contribution in [1.82, 2.24) is 9.97 Å². The Balaban J connectivity index is 0.000000196. The van der Waals surface area contributed by atoms with E-state index in [0.717, 1.165) is 16.1 Å². The predicted molar refractivity (Wildman–Crippen MR) is 95.1 cm³/mol. The zero-order valence-corrected chi connectivity index (χ0v) is 16.1. The fourth-order valence-corrected chi connectivity index (χ4v) is 2.96. The number of benzene rings is 2. The third-order valence-corrected chi connectivity index (χ3v) is 4.19. The molecule has 6 heteroatoms. The minimum atomic E-state index is -0.990. The number of rotatable bonds is 2. The van der Waals surface area contributed by atoms with Crippen molar-refractivity contribution >= 4 is 27.5 Å². The molecular weight excluding hydrogens is 513 g/mol. The van der Waals surface area contributed by atoms with Crippen LogP contribution in [0.25, 0.3) is 20.8 Å². The van der Waals surface area contributed by atoms with Crippen molar-refractivity contribution in [2.75, 3.05) is 0 Å². The van der Waals surface area contributed by atoms with Crippen LogP contribution in [0, 0.1) is 6.07 Å². The summed E-state index contributed by atoms with van der Waals surface area (Å²) in [4.78, 5) is 18.3. The van der Waals surface area contributed by atoms with Crippen LogP contribution >= 0.6 is 11.3 Å². The van der Waals surface area contributed by atoms with Crippen LogP contribution in [0.2, 0.25) is 0 Å². The van der Waals surface area contributed by atoms with Gasteiger partial charge in [0.1, 0.15) is 5.69 Å². The van der Waals surface area contributed by atoms with Gasteiger partial charge in [0.15, 0.2) is 0 Å². The number of hydrogen-bond acceptors (Lipinski definition) is 4. The molecule has 0 fully saturated rings. The van der Waals surface area contributed by atoms with Gasteiger partial charge in [-0.15, -0.1) is 35.9 Å². The molecule has 0 saturated carbocycles. The Labute approximate surface area is 162 Å².